The van der Waals surface area contributed by atoms with E-state index in [4.69, 9.17) is 4.74 Å². The van der Waals surface area contributed by atoms with Gasteiger partial charge in [-0.15, -0.1) is 0 Å². The third kappa shape index (κ3) is 3.57. The van der Waals surface area contributed by atoms with E-state index in [1.807, 2.05) is 6.07 Å². The zero-order valence-corrected chi connectivity index (χ0v) is 13.8. The Labute approximate surface area is 143 Å². The standard InChI is InChI=1S/C19H24N4O/c1-2-5-15(6-3-1)7-10-23-12-17-16(14-24-18(17)13-23)11-22-19-20-8-4-9-21-19/h1-6,8-9,16-18H,7,10-14H2,(H,20,21,22)/t16-,17+,18+/m1/s1. The van der Waals surface area contributed by atoms with Gasteiger partial charge in [-0.05, 0) is 18.1 Å². The summed E-state index contributed by atoms with van der Waals surface area (Å²) >= 11 is 0. The van der Waals surface area contributed by atoms with Crippen LogP contribution >= 0.6 is 0 Å². The Balaban J connectivity index is 1.27. The van der Waals surface area contributed by atoms with Gasteiger partial charge in [0.05, 0.1) is 12.7 Å². The molecule has 2 aliphatic rings. The summed E-state index contributed by atoms with van der Waals surface area (Å²) in [6.45, 7) is 5.05. The molecule has 5 nitrogen and oxygen atoms in total. The zero-order valence-electron chi connectivity index (χ0n) is 13.8. The average molecular weight is 324 g/mol. The lowest BCUT2D eigenvalue weighted by atomic mass is 9.93. The molecule has 0 saturated carbocycles. The molecule has 1 N–H and O–H groups in total. The Bertz CT molecular complexity index is 636. The number of likely N-dealkylation sites (tertiary alicyclic amines) is 1. The highest BCUT2D eigenvalue weighted by molar-refractivity contribution is 5.22. The number of ether oxygens (including phenoxy) is 1. The van der Waals surface area contributed by atoms with E-state index < -0.39 is 0 Å². The third-order valence-electron chi connectivity index (χ3n) is 5.16. The first kappa shape index (κ1) is 15.5. The van der Waals surface area contributed by atoms with Gasteiger partial charge in [-0.1, -0.05) is 30.3 Å². The molecule has 0 spiro atoms. The Kier molecular flexibility index (Phi) is 4.71. The van der Waals surface area contributed by atoms with Gasteiger partial charge < -0.3 is 15.0 Å². The molecule has 5 heteroatoms. The normalized spacial score (nSPS) is 26.4. The van der Waals surface area contributed by atoms with Crippen molar-refractivity contribution in [2.75, 3.05) is 38.1 Å². The lowest BCUT2D eigenvalue weighted by molar-refractivity contribution is 0.0958. The Hall–Kier alpha value is -1.98. The summed E-state index contributed by atoms with van der Waals surface area (Å²) in [5.74, 6) is 1.87. The molecule has 2 aliphatic heterocycles. The molecule has 0 aliphatic carbocycles. The summed E-state index contributed by atoms with van der Waals surface area (Å²) in [7, 11) is 0. The van der Waals surface area contributed by atoms with Gasteiger partial charge in [-0.3, -0.25) is 0 Å². The fourth-order valence-electron chi connectivity index (χ4n) is 3.82. The Morgan fingerprint density at radius 3 is 2.75 bits per heavy atom. The topological polar surface area (TPSA) is 50.3 Å². The summed E-state index contributed by atoms with van der Waals surface area (Å²) in [5, 5.41) is 3.35. The van der Waals surface area contributed by atoms with E-state index in [1.165, 1.54) is 5.56 Å². The minimum atomic E-state index is 0.393. The van der Waals surface area contributed by atoms with E-state index in [9.17, 15) is 0 Å². The number of nitrogens with zero attached hydrogens (tertiary/aromatic N) is 3. The summed E-state index contributed by atoms with van der Waals surface area (Å²) in [5.41, 5.74) is 1.41. The zero-order chi connectivity index (χ0) is 16.2. The second kappa shape index (κ2) is 7.28. The van der Waals surface area contributed by atoms with E-state index in [-0.39, 0.29) is 0 Å². The summed E-state index contributed by atoms with van der Waals surface area (Å²) in [6, 6.07) is 12.6. The quantitative estimate of drug-likeness (QED) is 0.882. The summed E-state index contributed by atoms with van der Waals surface area (Å²) < 4.78 is 6.04. The largest absolute Gasteiger partial charge is 0.376 e. The summed E-state index contributed by atoms with van der Waals surface area (Å²) in [4.78, 5) is 11.0. The van der Waals surface area contributed by atoms with Crippen LogP contribution in [0.5, 0.6) is 0 Å². The number of aromatic nitrogens is 2. The van der Waals surface area contributed by atoms with Crippen molar-refractivity contribution in [3.05, 3.63) is 54.4 Å². The van der Waals surface area contributed by atoms with Crippen molar-refractivity contribution in [3.8, 4) is 0 Å². The van der Waals surface area contributed by atoms with Crippen molar-refractivity contribution in [1.82, 2.24) is 14.9 Å². The highest BCUT2D eigenvalue weighted by Crippen LogP contribution is 2.33. The Morgan fingerprint density at radius 2 is 1.92 bits per heavy atom. The second-order valence-corrected chi connectivity index (χ2v) is 6.74. The SMILES string of the molecule is c1ccc(CCN2C[C@H]3[C@H](CNc4ncccn4)CO[C@H]3C2)cc1. The van der Waals surface area contributed by atoms with Crippen LogP contribution in [-0.4, -0.2) is 53.8 Å². The fraction of sp³-hybridized carbons (Fsp3) is 0.474. The molecule has 0 bridgehead atoms. The van der Waals surface area contributed by atoms with Crippen LogP contribution in [0.2, 0.25) is 0 Å². The van der Waals surface area contributed by atoms with Crippen molar-refractivity contribution in [2.45, 2.75) is 12.5 Å². The number of rotatable bonds is 6. The van der Waals surface area contributed by atoms with Crippen LogP contribution in [-0.2, 0) is 11.2 Å². The highest BCUT2D eigenvalue weighted by Gasteiger charge is 2.43. The molecule has 0 radical (unpaired) electrons. The number of fused-ring (bicyclic) bond motifs is 1. The van der Waals surface area contributed by atoms with Gasteiger partial charge in [0.1, 0.15) is 0 Å². The van der Waals surface area contributed by atoms with Crippen LogP contribution in [0.15, 0.2) is 48.8 Å². The van der Waals surface area contributed by atoms with Crippen molar-refractivity contribution in [2.24, 2.45) is 11.8 Å². The predicted molar refractivity (Wildman–Crippen MR) is 93.8 cm³/mol. The van der Waals surface area contributed by atoms with Crippen molar-refractivity contribution >= 4 is 5.95 Å². The first-order chi connectivity index (χ1) is 11.9. The molecule has 126 valence electrons. The molecule has 3 heterocycles. The molecule has 2 saturated heterocycles. The highest BCUT2D eigenvalue weighted by atomic mass is 16.5. The predicted octanol–water partition coefficient (Wildman–Crippen LogP) is 2.08. The van der Waals surface area contributed by atoms with E-state index in [2.05, 4.69) is 50.5 Å². The van der Waals surface area contributed by atoms with E-state index >= 15 is 0 Å². The van der Waals surface area contributed by atoms with Gasteiger partial charge in [0, 0.05) is 50.4 Å². The minimum Gasteiger partial charge on any atom is -0.376 e. The van der Waals surface area contributed by atoms with Gasteiger partial charge in [0.15, 0.2) is 0 Å². The van der Waals surface area contributed by atoms with E-state index in [0.29, 0.717) is 23.9 Å². The maximum atomic E-state index is 6.04. The number of nitrogens with one attached hydrogen (secondary N) is 1. The lowest BCUT2D eigenvalue weighted by Gasteiger charge is -2.20. The van der Waals surface area contributed by atoms with Crippen LogP contribution in [0, 0.1) is 11.8 Å². The monoisotopic (exact) mass is 324 g/mol. The van der Waals surface area contributed by atoms with Gasteiger partial charge in [0.2, 0.25) is 5.95 Å². The van der Waals surface area contributed by atoms with Crippen LogP contribution < -0.4 is 5.32 Å². The van der Waals surface area contributed by atoms with Crippen LogP contribution in [0.4, 0.5) is 5.95 Å². The number of benzene rings is 1. The third-order valence-corrected chi connectivity index (χ3v) is 5.16. The second-order valence-electron chi connectivity index (χ2n) is 6.74. The molecule has 1 aromatic heterocycles. The fourth-order valence-corrected chi connectivity index (χ4v) is 3.82. The molecular formula is C19H24N4O. The average Bonchev–Trinajstić information content (AvgIpc) is 3.20. The molecule has 4 rings (SSSR count). The van der Waals surface area contributed by atoms with Crippen molar-refractivity contribution < 1.29 is 4.74 Å². The molecule has 1 aromatic carbocycles. The lowest BCUT2D eigenvalue weighted by Crippen LogP contribution is -2.29. The molecule has 24 heavy (non-hydrogen) atoms. The Morgan fingerprint density at radius 1 is 1.08 bits per heavy atom. The van der Waals surface area contributed by atoms with E-state index in [0.717, 1.165) is 39.2 Å². The first-order valence-corrected chi connectivity index (χ1v) is 8.77. The van der Waals surface area contributed by atoms with E-state index in [1.54, 1.807) is 12.4 Å². The van der Waals surface area contributed by atoms with Crippen molar-refractivity contribution in [1.29, 1.82) is 0 Å². The number of anilines is 1. The van der Waals surface area contributed by atoms with Crippen LogP contribution in [0.1, 0.15) is 5.56 Å². The van der Waals surface area contributed by atoms with Gasteiger partial charge in [-0.2, -0.15) is 0 Å². The number of hydrogen-bond donors (Lipinski definition) is 1. The molecular weight excluding hydrogens is 300 g/mol. The minimum absolute atomic E-state index is 0.393. The first-order valence-electron chi connectivity index (χ1n) is 8.77. The van der Waals surface area contributed by atoms with Crippen LogP contribution in [0.3, 0.4) is 0 Å². The molecule has 3 atom stereocenters. The molecule has 0 unspecified atom stereocenters. The van der Waals surface area contributed by atoms with Gasteiger partial charge in [-0.25, -0.2) is 9.97 Å². The maximum Gasteiger partial charge on any atom is 0.222 e. The molecule has 2 fully saturated rings. The maximum absolute atomic E-state index is 6.04. The smallest absolute Gasteiger partial charge is 0.222 e. The molecule has 0 amide bonds. The van der Waals surface area contributed by atoms with Gasteiger partial charge >= 0.3 is 0 Å². The molecule has 2 aromatic rings. The summed E-state index contributed by atoms with van der Waals surface area (Å²) in [6.07, 6.45) is 5.04. The number of hydrogen-bond acceptors (Lipinski definition) is 5. The van der Waals surface area contributed by atoms with Crippen molar-refractivity contribution in [3.63, 3.8) is 0 Å². The van der Waals surface area contributed by atoms with Gasteiger partial charge in [0.25, 0.3) is 0 Å². The van der Waals surface area contributed by atoms with Crippen LogP contribution in [0.25, 0.3) is 0 Å².